The average molecular weight is 445 g/mol. The molecule has 3 aromatic rings. The number of sulfonamides is 1. The molecule has 3 rings (SSSR count). The second-order valence-electron chi connectivity index (χ2n) is 7.25. The van der Waals surface area contributed by atoms with Crippen LogP contribution in [0.1, 0.15) is 13.8 Å². The molecule has 10 heteroatoms. The largest absolute Gasteiger partial charge is 0.457 e. The molecule has 0 unspecified atom stereocenters. The maximum Gasteiger partial charge on any atom is 0.262 e. The highest BCUT2D eigenvalue weighted by molar-refractivity contribution is 7.89. The molecule has 1 heterocycles. The van der Waals surface area contributed by atoms with Gasteiger partial charge in [0.25, 0.3) is 5.91 Å². The summed E-state index contributed by atoms with van der Waals surface area (Å²) in [5.74, 6) is -0.0845. The van der Waals surface area contributed by atoms with Crippen molar-refractivity contribution in [3.63, 3.8) is 0 Å². The second-order valence-corrected chi connectivity index (χ2v) is 9.25. The molecule has 0 aliphatic heterocycles. The number of hydroxylamine groups is 1. The maximum atomic E-state index is 12.9. The fourth-order valence-electron chi connectivity index (χ4n) is 3.20. The van der Waals surface area contributed by atoms with Gasteiger partial charge < -0.3 is 9.72 Å². The van der Waals surface area contributed by atoms with Crippen LogP contribution in [0.15, 0.2) is 66.0 Å². The van der Waals surface area contributed by atoms with E-state index >= 15 is 0 Å². The van der Waals surface area contributed by atoms with Crippen LogP contribution in [-0.4, -0.2) is 46.9 Å². The van der Waals surface area contributed by atoms with Crippen molar-refractivity contribution in [2.24, 2.45) is 5.92 Å². The molecule has 1 amide bonds. The van der Waals surface area contributed by atoms with Gasteiger partial charge in [0.15, 0.2) is 0 Å². The van der Waals surface area contributed by atoms with E-state index in [1.165, 1.54) is 24.7 Å². The highest BCUT2D eigenvalue weighted by atomic mass is 32.2. The molecule has 0 aliphatic carbocycles. The van der Waals surface area contributed by atoms with Crippen molar-refractivity contribution in [3.05, 3.63) is 61.1 Å². The van der Waals surface area contributed by atoms with Crippen molar-refractivity contribution < 1.29 is 23.2 Å². The van der Waals surface area contributed by atoms with Gasteiger partial charge in [-0.15, -0.1) is 0 Å². The van der Waals surface area contributed by atoms with E-state index in [2.05, 4.69) is 9.97 Å². The zero-order valence-corrected chi connectivity index (χ0v) is 18.1. The highest BCUT2D eigenvalue weighted by Crippen LogP contribution is 2.27. The first-order valence-corrected chi connectivity index (χ1v) is 11.0. The van der Waals surface area contributed by atoms with E-state index in [1.807, 2.05) is 12.1 Å². The lowest BCUT2D eigenvalue weighted by molar-refractivity contribution is -0.134. The third-order valence-corrected chi connectivity index (χ3v) is 6.66. The van der Waals surface area contributed by atoms with Crippen LogP contribution in [0, 0.1) is 5.92 Å². The third kappa shape index (κ3) is 4.93. The molecule has 3 N–H and O–H groups in total. The van der Waals surface area contributed by atoms with Gasteiger partial charge in [-0.3, -0.25) is 10.0 Å². The fourth-order valence-corrected chi connectivity index (χ4v) is 4.65. The van der Waals surface area contributed by atoms with Crippen molar-refractivity contribution in [2.75, 3.05) is 7.05 Å². The van der Waals surface area contributed by atoms with E-state index < -0.39 is 22.0 Å². The standard InChI is InChI=1S/C21H24N4O5S/c1-14(2)20(21(26)24-27)25(3)31(28,29)18-10-8-17(9-11-18)30-16-6-4-15(5-7-16)19-12-22-13-23-19/h4-14,20,27H,1-3H3,(H,22,23)(H,24,26)/t20-/m1/s1. The number of imidazole rings is 1. The lowest BCUT2D eigenvalue weighted by Crippen LogP contribution is -2.49. The van der Waals surface area contributed by atoms with E-state index in [0.717, 1.165) is 15.6 Å². The molecule has 0 fully saturated rings. The number of aromatic amines is 1. The Balaban J connectivity index is 1.75. The number of carbonyl (C=O) groups excluding carboxylic acids is 1. The van der Waals surface area contributed by atoms with Crippen LogP contribution >= 0.6 is 0 Å². The lowest BCUT2D eigenvalue weighted by Gasteiger charge is -2.28. The lowest BCUT2D eigenvalue weighted by atomic mass is 10.0. The van der Waals surface area contributed by atoms with Crippen LogP contribution in [-0.2, 0) is 14.8 Å². The number of ether oxygens (including phenoxy) is 1. The van der Waals surface area contributed by atoms with E-state index in [-0.39, 0.29) is 10.8 Å². The first kappa shape index (κ1) is 22.5. The quantitative estimate of drug-likeness (QED) is 0.362. The molecule has 2 aromatic carbocycles. The van der Waals surface area contributed by atoms with Gasteiger partial charge in [0.1, 0.15) is 17.5 Å². The van der Waals surface area contributed by atoms with Gasteiger partial charge in [0, 0.05) is 7.05 Å². The predicted molar refractivity (Wildman–Crippen MR) is 114 cm³/mol. The van der Waals surface area contributed by atoms with E-state index in [9.17, 15) is 13.2 Å². The molecule has 0 bridgehead atoms. The van der Waals surface area contributed by atoms with Crippen LogP contribution in [0.4, 0.5) is 0 Å². The van der Waals surface area contributed by atoms with Gasteiger partial charge in [-0.2, -0.15) is 4.31 Å². The summed E-state index contributed by atoms with van der Waals surface area (Å²) in [7, 11) is -2.66. The number of nitrogens with zero attached hydrogens (tertiary/aromatic N) is 2. The minimum absolute atomic E-state index is 0.00772. The molecule has 164 valence electrons. The van der Waals surface area contributed by atoms with Gasteiger partial charge in [-0.05, 0) is 60.0 Å². The topological polar surface area (TPSA) is 125 Å². The number of benzene rings is 2. The number of hydrogen-bond donors (Lipinski definition) is 3. The van der Waals surface area contributed by atoms with Crippen LogP contribution in [0.3, 0.4) is 0 Å². The molecule has 0 radical (unpaired) electrons. The number of nitrogens with one attached hydrogen (secondary N) is 2. The van der Waals surface area contributed by atoms with Crippen LogP contribution in [0.2, 0.25) is 0 Å². The number of amides is 1. The maximum absolute atomic E-state index is 12.9. The molecule has 0 saturated heterocycles. The first-order valence-electron chi connectivity index (χ1n) is 9.52. The van der Waals surface area contributed by atoms with Gasteiger partial charge >= 0.3 is 0 Å². The summed E-state index contributed by atoms with van der Waals surface area (Å²) in [6.45, 7) is 3.39. The van der Waals surface area contributed by atoms with Crippen molar-refractivity contribution in [1.82, 2.24) is 19.8 Å². The minimum atomic E-state index is -3.96. The second kappa shape index (κ2) is 9.29. The molecule has 0 aliphatic rings. The Morgan fingerprint density at radius 1 is 1.10 bits per heavy atom. The SMILES string of the molecule is CC(C)[C@H](C(=O)NO)N(C)S(=O)(=O)c1ccc(Oc2ccc(-c3cnc[nH]3)cc2)cc1. The van der Waals surface area contributed by atoms with Gasteiger partial charge in [-0.25, -0.2) is 18.9 Å². The zero-order valence-electron chi connectivity index (χ0n) is 17.3. The van der Waals surface area contributed by atoms with Gasteiger partial charge in [0.05, 0.1) is 23.1 Å². The molecular weight excluding hydrogens is 420 g/mol. The summed E-state index contributed by atoms with van der Waals surface area (Å²) in [5.41, 5.74) is 3.38. The number of carbonyl (C=O) groups is 1. The Morgan fingerprint density at radius 2 is 1.68 bits per heavy atom. The Hall–Kier alpha value is -3.21. The average Bonchev–Trinajstić information content (AvgIpc) is 3.29. The molecule has 0 saturated carbocycles. The van der Waals surface area contributed by atoms with Crippen molar-refractivity contribution >= 4 is 15.9 Å². The normalized spacial score (nSPS) is 12.7. The molecular formula is C21H24N4O5S. The molecule has 9 nitrogen and oxygen atoms in total. The van der Waals surface area contributed by atoms with Crippen LogP contribution in [0.5, 0.6) is 11.5 Å². The van der Waals surface area contributed by atoms with E-state index in [0.29, 0.717) is 11.5 Å². The highest BCUT2D eigenvalue weighted by Gasteiger charge is 2.35. The molecule has 0 spiro atoms. The minimum Gasteiger partial charge on any atom is -0.457 e. The summed E-state index contributed by atoms with van der Waals surface area (Å²) in [6.07, 6.45) is 3.33. The smallest absolute Gasteiger partial charge is 0.262 e. The van der Waals surface area contributed by atoms with E-state index in [4.69, 9.17) is 9.94 Å². The van der Waals surface area contributed by atoms with Crippen LogP contribution < -0.4 is 10.2 Å². The third-order valence-electron chi connectivity index (χ3n) is 4.80. The Bertz CT molecular complexity index is 1110. The molecule has 31 heavy (non-hydrogen) atoms. The number of rotatable bonds is 8. The van der Waals surface area contributed by atoms with E-state index in [1.54, 1.807) is 50.6 Å². The van der Waals surface area contributed by atoms with Crippen molar-refractivity contribution in [1.29, 1.82) is 0 Å². The zero-order chi connectivity index (χ0) is 22.6. The molecule has 1 atom stereocenters. The predicted octanol–water partition coefficient (Wildman–Crippen LogP) is 3.02. The van der Waals surface area contributed by atoms with Gasteiger partial charge in [0.2, 0.25) is 10.0 Å². The summed E-state index contributed by atoms with van der Waals surface area (Å²) in [6, 6.07) is 12.2. The first-order chi connectivity index (χ1) is 14.7. The summed E-state index contributed by atoms with van der Waals surface area (Å²) in [5, 5.41) is 8.94. The fraction of sp³-hybridized carbons (Fsp3) is 0.238. The molecule has 1 aromatic heterocycles. The Kier molecular flexibility index (Phi) is 6.74. The number of hydrogen-bond acceptors (Lipinski definition) is 6. The Morgan fingerprint density at radius 3 is 2.16 bits per heavy atom. The number of H-pyrrole nitrogens is 1. The Labute approximate surface area is 180 Å². The van der Waals surface area contributed by atoms with Crippen molar-refractivity contribution in [2.45, 2.75) is 24.8 Å². The summed E-state index contributed by atoms with van der Waals surface area (Å²) < 4.78 is 32.6. The summed E-state index contributed by atoms with van der Waals surface area (Å²) >= 11 is 0. The number of likely N-dealkylation sites (N-methyl/N-ethyl adjacent to an activating group) is 1. The summed E-state index contributed by atoms with van der Waals surface area (Å²) in [4.78, 5) is 19.0. The van der Waals surface area contributed by atoms with Crippen molar-refractivity contribution in [3.8, 4) is 22.8 Å². The van der Waals surface area contributed by atoms with Gasteiger partial charge in [-0.1, -0.05) is 13.8 Å². The monoisotopic (exact) mass is 444 g/mol. The number of aromatic nitrogens is 2. The van der Waals surface area contributed by atoms with Crippen LogP contribution in [0.25, 0.3) is 11.3 Å².